The second kappa shape index (κ2) is 5.67. The Kier molecular flexibility index (Phi) is 4.19. The second-order valence-electron chi connectivity index (χ2n) is 3.79. The molecule has 18 heavy (non-hydrogen) atoms. The number of carbonyl (C=O) groups is 1. The van der Waals surface area contributed by atoms with E-state index in [4.69, 9.17) is 11.6 Å². The van der Waals surface area contributed by atoms with Crippen molar-refractivity contribution in [3.8, 4) is 0 Å². The average molecular weight is 373 g/mol. The Morgan fingerprint density at radius 2 is 2.11 bits per heavy atom. The number of halogens is 2. The van der Waals surface area contributed by atoms with Gasteiger partial charge >= 0.3 is 0 Å². The van der Waals surface area contributed by atoms with E-state index in [1.165, 1.54) is 0 Å². The van der Waals surface area contributed by atoms with Gasteiger partial charge in [-0.1, -0.05) is 23.7 Å². The molecule has 0 bridgehead atoms. The van der Waals surface area contributed by atoms with E-state index in [1.54, 1.807) is 18.3 Å². The molecule has 1 aromatic heterocycles. The van der Waals surface area contributed by atoms with Crippen LogP contribution in [0.15, 0.2) is 36.5 Å². The number of hydrogen-bond acceptors (Lipinski definition) is 2. The molecule has 2 rings (SSSR count). The zero-order chi connectivity index (χ0) is 13.1. The summed E-state index contributed by atoms with van der Waals surface area (Å²) in [5.41, 5.74) is 2.09. The molecule has 5 heteroatoms. The van der Waals surface area contributed by atoms with E-state index < -0.39 is 0 Å². The van der Waals surface area contributed by atoms with Crippen LogP contribution in [0, 0.1) is 10.5 Å². The van der Waals surface area contributed by atoms with Crippen molar-refractivity contribution in [3.63, 3.8) is 0 Å². The van der Waals surface area contributed by atoms with Crippen molar-refractivity contribution in [2.24, 2.45) is 0 Å². The smallest absolute Gasteiger partial charge is 0.256 e. The van der Waals surface area contributed by atoms with Gasteiger partial charge in [-0.25, -0.2) is 4.98 Å². The second-order valence-corrected chi connectivity index (χ2v) is 5.31. The standard InChI is InChI=1S/C13H10ClIN2O/c1-8-6-11(12(14)16-7-8)17-13(18)9-4-2-3-5-10(9)15/h2-7H,1H3,(H,17,18). The maximum atomic E-state index is 12.1. The minimum atomic E-state index is -0.186. The molecule has 0 unspecified atom stereocenters. The summed E-state index contributed by atoms with van der Waals surface area (Å²) in [5.74, 6) is -0.186. The van der Waals surface area contributed by atoms with Crippen molar-refractivity contribution in [2.45, 2.75) is 6.92 Å². The molecule has 0 saturated heterocycles. The number of nitrogens with one attached hydrogen (secondary N) is 1. The van der Waals surface area contributed by atoms with Gasteiger partial charge in [-0.15, -0.1) is 0 Å². The molecule has 1 aromatic carbocycles. The highest BCUT2D eigenvalue weighted by Gasteiger charge is 2.11. The number of benzene rings is 1. The molecule has 1 N–H and O–H groups in total. The molecule has 2 aromatic rings. The topological polar surface area (TPSA) is 42.0 Å². The first-order valence-electron chi connectivity index (χ1n) is 5.26. The third-order valence-corrected chi connectivity index (χ3v) is 3.58. The van der Waals surface area contributed by atoms with Gasteiger partial charge in [-0.2, -0.15) is 0 Å². The maximum Gasteiger partial charge on any atom is 0.256 e. The molecule has 1 amide bonds. The van der Waals surface area contributed by atoms with Gasteiger partial charge in [-0.05, 0) is 53.3 Å². The van der Waals surface area contributed by atoms with Crippen molar-refractivity contribution >= 4 is 45.8 Å². The summed E-state index contributed by atoms with van der Waals surface area (Å²) in [6.07, 6.45) is 1.66. The van der Waals surface area contributed by atoms with Crippen LogP contribution in [0.25, 0.3) is 0 Å². The Hall–Kier alpha value is -1.14. The van der Waals surface area contributed by atoms with E-state index in [0.717, 1.165) is 9.13 Å². The summed E-state index contributed by atoms with van der Waals surface area (Å²) in [7, 11) is 0. The van der Waals surface area contributed by atoms with Gasteiger partial charge < -0.3 is 5.32 Å². The van der Waals surface area contributed by atoms with Crippen molar-refractivity contribution in [3.05, 3.63) is 56.4 Å². The number of carbonyl (C=O) groups excluding carboxylic acids is 1. The molecular formula is C13H10ClIN2O. The molecule has 1 heterocycles. The fourth-order valence-electron chi connectivity index (χ4n) is 1.48. The fourth-order valence-corrected chi connectivity index (χ4v) is 2.26. The van der Waals surface area contributed by atoms with E-state index in [-0.39, 0.29) is 5.91 Å². The molecule has 92 valence electrons. The van der Waals surface area contributed by atoms with Crippen LogP contribution in [0.2, 0.25) is 5.15 Å². The average Bonchev–Trinajstić information content (AvgIpc) is 2.34. The summed E-state index contributed by atoms with van der Waals surface area (Å²) in [6, 6.07) is 9.16. The normalized spacial score (nSPS) is 10.2. The van der Waals surface area contributed by atoms with E-state index in [2.05, 4.69) is 32.9 Å². The van der Waals surface area contributed by atoms with Crippen LogP contribution in [-0.4, -0.2) is 10.9 Å². The van der Waals surface area contributed by atoms with E-state index in [0.29, 0.717) is 16.4 Å². The van der Waals surface area contributed by atoms with Crippen LogP contribution in [0.5, 0.6) is 0 Å². The minimum absolute atomic E-state index is 0.186. The van der Waals surface area contributed by atoms with Crippen LogP contribution >= 0.6 is 34.2 Å². The first-order chi connectivity index (χ1) is 8.58. The number of hydrogen-bond donors (Lipinski definition) is 1. The molecule has 0 aliphatic rings. The first kappa shape index (κ1) is 13.3. The Balaban J connectivity index is 2.27. The highest BCUT2D eigenvalue weighted by Crippen LogP contribution is 2.21. The van der Waals surface area contributed by atoms with Crippen LogP contribution < -0.4 is 5.32 Å². The van der Waals surface area contributed by atoms with Crippen molar-refractivity contribution in [1.29, 1.82) is 0 Å². The Morgan fingerprint density at radius 1 is 1.39 bits per heavy atom. The lowest BCUT2D eigenvalue weighted by Crippen LogP contribution is -2.14. The molecular weight excluding hydrogens is 363 g/mol. The van der Waals surface area contributed by atoms with Crippen LogP contribution in [0.3, 0.4) is 0 Å². The molecule has 0 atom stereocenters. The lowest BCUT2D eigenvalue weighted by atomic mass is 10.2. The number of pyridine rings is 1. The number of aromatic nitrogens is 1. The third-order valence-electron chi connectivity index (χ3n) is 2.34. The quantitative estimate of drug-likeness (QED) is 0.642. The monoisotopic (exact) mass is 372 g/mol. The summed E-state index contributed by atoms with van der Waals surface area (Å²) in [5, 5.41) is 3.06. The van der Waals surface area contributed by atoms with Gasteiger partial charge in [0.15, 0.2) is 5.15 Å². The zero-order valence-electron chi connectivity index (χ0n) is 9.58. The fraction of sp³-hybridized carbons (Fsp3) is 0.0769. The van der Waals surface area contributed by atoms with Gasteiger partial charge in [0.2, 0.25) is 0 Å². The lowest BCUT2D eigenvalue weighted by molar-refractivity contribution is 0.102. The van der Waals surface area contributed by atoms with Crippen molar-refractivity contribution in [2.75, 3.05) is 5.32 Å². The molecule has 3 nitrogen and oxygen atoms in total. The lowest BCUT2D eigenvalue weighted by Gasteiger charge is -2.08. The highest BCUT2D eigenvalue weighted by molar-refractivity contribution is 14.1. The van der Waals surface area contributed by atoms with Crippen molar-refractivity contribution in [1.82, 2.24) is 4.98 Å². The number of amides is 1. The first-order valence-corrected chi connectivity index (χ1v) is 6.71. The number of aryl methyl sites for hydroxylation is 1. The van der Waals surface area contributed by atoms with Crippen molar-refractivity contribution < 1.29 is 4.79 Å². The summed E-state index contributed by atoms with van der Waals surface area (Å²) >= 11 is 8.06. The van der Waals surface area contributed by atoms with Gasteiger partial charge in [0.1, 0.15) is 0 Å². The SMILES string of the molecule is Cc1cnc(Cl)c(NC(=O)c2ccccc2I)c1. The van der Waals surface area contributed by atoms with Gasteiger partial charge in [0, 0.05) is 9.77 Å². The minimum Gasteiger partial charge on any atom is -0.319 e. The third kappa shape index (κ3) is 3.00. The van der Waals surface area contributed by atoms with Crippen LogP contribution in [0.1, 0.15) is 15.9 Å². The molecule has 0 aliphatic heterocycles. The molecule has 0 spiro atoms. The molecule has 0 fully saturated rings. The van der Waals surface area contributed by atoms with E-state index in [1.807, 2.05) is 25.1 Å². The van der Waals surface area contributed by atoms with Gasteiger partial charge in [0.25, 0.3) is 5.91 Å². The van der Waals surface area contributed by atoms with Gasteiger partial charge in [-0.3, -0.25) is 4.79 Å². The molecule has 0 aliphatic carbocycles. The summed E-state index contributed by atoms with van der Waals surface area (Å²) in [4.78, 5) is 16.1. The largest absolute Gasteiger partial charge is 0.319 e. The maximum absolute atomic E-state index is 12.1. The predicted octanol–water partition coefficient (Wildman–Crippen LogP) is 3.90. The summed E-state index contributed by atoms with van der Waals surface area (Å²) < 4.78 is 0.893. The Morgan fingerprint density at radius 3 is 2.83 bits per heavy atom. The number of rotatable bonds is 2. The molecule has 0 saturated carbocycles. The highest BCUT2D eigenvalue weighted by atomic mass is 127. The van der Waals surface area contributed by atoms with Gasteiger partial charge in [0.05, 0.1) is 11.3 Å². The van der Waals surface area contributed by atoms with Crippen LogP contribution in [-0.2, 0) is 0 Å². The van der Waals surface area contributed by atoms with Crippen LogP contribution in [0.4, 0.5) is 5.69 Å². The summed E-state index contributed by atoms with van der Waals surface area (Å²) in [6.45, 7) is 1.89. The Bertz CT molecular complexity index is 601. The van der Waals surface area contributed by atoms with E-state index in [9.17, 15) is 4.79 Å². The zero-order valence-corrected chi connectivity index (χ0v) is 12.5. The molecule has 0 radical (unpaired) electrons. The Labute approximate surface area is 124 Å². The number of anilines is 1. The number of nitrogens with zero attached hydrogens (tertiary/aromatic N) is 1. The van der Waals surface area contributed by atoms with E-state index >= 15 is 0 Å². The predicted molar refractivity (Wildman–Crippen MR) is 81.1 cm³/mol.